The third kappa shape index (κ3) is 3.25. The lowest BCUT2D eigenvalue weighted by molar-refractivity contribution is 0.669. The normalized spacial score (nSPS) is 12.1. The number of rotatable bonds is 2. The Hall–Kier alpha value is -5.86. The van der Waals surface area contributed by atoms with E-state index < -0.39 is 0 Å². The summed E-state index contributed by atoms with van der Waals surface area (Å²) in [5.41, 5.74) is 8.55. The second-order valence-electron chi connectivity index (χ2n) is 11.6. The molecule has 0 fully saturated rings. The number of benzene rings is 8. The molecule has 0 spiro atoms. The molecular weight excluding hydrogens is 536 g/mol. The summed E-state index contributed by atoms with van der Waals surface area (Å²) in [7, 11) is 0. The van der Waals surface area contributed by atoms with Crippen molar-refractivity contribution in [2.45, 2.75) is 0 Å². The number of hydrogen-bond donors (Lipinski definition) is 0. The van der Waals surface area contributed by atoms with E-state index in [4.69, 9.17) is 8.83 Å². The van der Waals surface area contributed by atoms with E-state index in [9.17, 15) is 0 Å². The van der Waals surface area contributed by atoms with Gasteiger partial charge in [-0.25, -0.2) is 0 Å². The SMILES string of the molecule is c1ccc(-c2c3ccccc3c(-c3ccc4oc5c6cc7c(cc6ccc5c4c3)oc3ccccc37)c3ccccc23)cc1. The van der Waals surface area contributed by atoms with Crippen molar-refractivity contribution in [1.29, 1.82) is 0 Å². The predicted octanol–water partition coefficient (Wildman–Crippen LogP) is 12.3. The van der Waals surface area contributed by atoms with Crippen LogP contribution in [0.2, 0.25) is 0 Å². The molecule has 0 N–H and O–H groups in total. The van der Waals surface area contributed by atoms with Crippen molar-refractivity contribution in [3.8, 4) is 22.3 Å². The van der Waals surface area contributed by atoms with Crippen molar-refractivity contribution in [3.05, 3.63) is 146 Å². The molecule has 0 aliphatic rings. The first kappa shape index (κ1) is 23.7. The molecule has 2 heteroatoms. The zero-order valence-corrected chi connectivity index (χ0v) is 23.7. The van der Waals surface area contributed by atoms with E-state index in [0.29, 0.717) is 0 Å². The quantitative estimate of drug-likeness (QED) is 0.197. The molecule has 0 aliphatic carbocycles. The monoisotopic (exact) mass is 560 g/mol. The molecule has 2 aromatic heterocycles. The van der Waals surface area contributed by atoms with E-state index in [2.05, 4.69) is 133 Å². The summed E-state index contributed by atoms with van der Waals surface area (Å²) in [6.07, 6.45) is 0. The van der Waals surface area contributed by atoms with Crippen LogP contribution < -0.4 is 0 Å². The van der Waals surface area contributed by atoms with Crippen LogP contribution in [0.25, 0.3) is 98.4 Å². The van der Waals surface area contributed by atoms with Gasteiger partial charge in [0.05, 0.1) is 0 Å². The number of furan rings is 2. The first-order valence-corrected chi connectivity index (χ1v) is 15.0. The van der Waals surface area contributed by atoms with Crippen LogP contribution in [0.3, 0.4) is 0 Å². The number of fused-ring (bicyclic) bond motifs is 10. The lowest BCUT2D eigenvalue weighted by Gasteiger charge is -2.17. The van der Waals surface area contributed by atoms with Gasteiger partial charge in [-0.05, 0) is 85.6 Å². The molecule has 0 atom stereocenters. The highest BCUT2D eigenvalue weighted by Gasteiger charge is 2.19. The van der Waals surface area contributed by atoms with Gasteiger partial charge in [0.1, 0.15) is 22.3 Å². The lowest BCUT2D eigenvalue weighted by atomic mass is 9.86. The van der Waals surface area contributed by atoms with Gasteiger partial charge >= 0.3 is 0 Å². The number of para-hydroxylation sites is 1. The fourth-order valence-corrected chi connectivity index (χ4v) is 7.29. The van der Waals surface area contributed by atoms with Crippen molar-refractivity contribution < 1.29 is 8.83 Å². The highest BCUT2D eigenvalue weighted by molar-refractivity contribution is 6.23. The Bertz CT molecular complexity index is 2700. The zero-order chi connectivity index (χ0) is 28.8. The van der Waals surface area contributed by atoms with Crippen molar-refractivity contribution in [1.82, 2.24) is 0 Å². The molecule has 0 bridgehead atoms. The maximum atomic E-state index is 6.62. The fourth-order valence-electron chi connectivity index (χ4n) is 7.29. The minimum Gasteiger partial charge on any atom is -0.456 e. The Kier molecular flexibility index (Phi) is 4.75. The second-order valence-corrected chi connectivity index (χ2v) is 11.6. The maximum absolute atomic E-state index is 6.62. The van der Waals surface area contributed by atoms with Gasteiger partial charge in [-0.2, -0.15) is 0 Å². The van der Waals surface area contributed by atoms with Gasteiger partial charge in [0.25, 0.3) is 0 Å². The average molecular weight is 561 g/mol. The molecule has 2 nitrogen and oxygen atoms in total. The van der Waals surface area contributed by atoms with E-state index in [-0.39, 0.29) is 0 Å². The first-order valence-electron chi connectivity index (χ1n) is 15.0. The van der Waals surface area contributed by atoms with Gasteiger partial charge in [-0.15, -0.1) is 0 Å². The van der Waals surface area contributed by atoms with Crippen molar-refractivity contribution in [2.24, 2.45) is 0 Å². The molecule has 0 aliphatic heterocycles. The Balaban J connectivity index is 1.26. The third-order valence-electron chi connectivity index (χ3n) is 9.23. The summed E-state index contributed by atoms with van der Waals surface area (Å²) >= 11 is 0. The van der Waals surface area contributed by atoms with Crippen LogP contribution in [0.15, 0.2) is 154 Å². The van der Waals surface area contributed by atoms with Gasteiger partial charge < -0.3 is 8.83 Å². The van der Waals surface area contributed by atoms with E-state index >= 15 is 0 Å². The van der Waals surface area contributed by atoms with Gasteiger partial charge in [0.2, 0.25) is 0 Å². The summed E-state index contributed by atoms with van der Waals surface area (Å²) in [6, 6.07) is 52.0. The molecule has 0 saturated heterocycles. The van der Waals surface area contributed by atoms with E-state index in [1.54, 1.807) is 0 Å². The van der Waals surface area contributed by atoms with Crippen LogP contribution in [0, 0.1) is 0 Å². The molecule has 204 valence electrons. The van der Waals surface area contributed by atoms with Gasteiger partial charge in [0, 0.05) is 26.9 Å². The van der Waals surface area contributed by atoms with Crippen molar-refractivity contribution in [3.63, 3.8) is 0 Å². The zero-order valence-electron chi connectivity index (χ0n) is 23.7. The van der Waals surface area contributed by atoms with Crippen LogP contribution in [0.4, 0.5) is 0 Å². The highest BCUT2D eigenvalue weighted by Crippen LogP contribution is 2.45. The molecule has 0 radical (unpaired) electrons. The second kappa shape index (κ2) is 8.82. The van der Waals surface area contributed by atoms with Crippen LogP contribution >= 0.6 is 0 Å². The molecule has 0 amide bonds. The van der Waals surface area contributed by atoms with Crippen molar-refractivity contribution in [2.75, 3.05) is 0 Å². The number of hydrogen-bond acceptors (Lipinski definition) is 2. The Labute approximate surface area is 252 Å². The van der Waals surface area contributed by atoms with Crippen LogP contribution in [-0.4, -0.2) is 0 Å². The molecule has 44 heavy (non-hydrogen) atoms. The molecule has 8 aromatic carbocycles. The van der Waals surface area contributed by atoms with E-state index in [1.165, 1.54) is 43.8 Å². The van der Waals surface area contributed by atoms with Crippen LogP contribution in [-0.2, 0) is 0 Å². The molecule has 0 saturated carbocycles. The Morgan fingerprint density at radius 1 is 0.295 bits per heavy atom. The molecule has 10 rings (SSSR count). The third-order valence-corrected chi connectivity index (χ3v) is 9.23. The summed E-state index contributed by atoms with van der Waals surface area (Å²) in [5, 5.41) is 11.7. The highest BCUT2D eigenvalue weighted by atomic mass is 16.3. The fraction of sp³-hybridized carbons (Fsp3) is 0. The smallest absolute Gasteiger partial charge is 0.143 e. The molecule has 2 heterocycles. The minimum atomic E-state index is 0.892. The summed E-state index contributed by atoms with van der Waals surface area (Å²) in [6.45, 7) is 0. The minimum absolute atomic E-state index is 0.892. The summed E-state index contributed by atoms with van der Waals surface area (Å²) in [5.74, 6) is 0. The molecule has 0 unspecified atom stereocenters. The lowest BCUT2D eigenvalue weighted by Crippen LogP contribution is -1.90. The Morgan fingerprint density at radius 3 is 1.61 bits per heavy atom. The van der Waals surface area contributed by atoms with E-state index in [0.717, 1.165) is 54.6 Å². The maximum Gasteiger partial charge on any atom is 0.143 e. The average Bonchev–Trinajstić information content (AvgIpc) is 3.64. The predicted molar refractivity (Wildman–Crippen MR) is 184 cm³/mol. The van der Waals surface area contributed by atoms with Crippen LogP contribution in [0.1, 0.15) is 0 Å². The van der Waals surface area contributed by atoms with Gasteiger partial charge in [-0.3, -0.25) is 0 Å². The summed E-state index contributed by atoms with van der Waals surface area (Å²) < 4.78 is 12.8. The standard InChI is InChI=1S/C42H24O2/c1-2-10-25(11-3-1)40-29-13-4-6-15-31(29)41(32-16-7-5-14-30(32)40)27-19-21-38-35(22-27)33-20-18-26-23-39-36(24-34(26)42(33)44-38)28-12-8-9-17-37(28)43-39/h1-24H. The van der Waals surface area contributed by atoms with Gasteiger partial charge in [-0.1, -0.05) is 109 Å². The van der Waals surface area contributed by atoms with Crippen molar-refractivity contribution >= 4 is 76.2 Å². The topological polar surface area (TPSA) is 26.3 Å². The van der Waals surface area contributed by atoms with Crippen LogP contribution in [0.5, 0.6) is 0 Å². The van der Waals surface area contributed by atoms with E-state index in [1.807, 2.05) is 12.1 Å². The molecular formula is C42H24O2. The first-order chi connectivity index (χ1) is 21.8. The molecule has 10 aromatic rings. The summed E-state index contributed by atoms with van der Waals surface area (Å²) in [4.78, 5) is 0. The largest absolute Gasteiger partial charge is 0.456 e. The van der Waals surface area contributed by atoms with Gasteiger partial charge in [0.15, 0.2) is 0 Å². The Morgan fingerprint density at radius 2 is 0.886 bits per heavy atom.